The van der Waals surface area contributed by atoms with Crippen molar-refractivity contribution in [1.29, 1.82) is 0 Å². The predicted molar refractivity (Wildman–Crippen MR) is 50.4 cm³/mol. The number of nitrogens with one attached hydrogen (secondary N) is 1. The van der Waals surface area contributed by atoms with Crippen molar-refractivity contribution in [3.05, 3.63) is 29.2 Å². The van der Waals surface area contributed by atoms with E-state index in [2.05, 4.69) is 9.90 Å². The molecule has 1 N–H and O–H groups in total. The minimum absolute atomic E-state index is 0.189. The van der Waals surface area contributed by atoms with Gasteiger partial charge < -0.3 is 0 Å². The number of rotatable bonds is 3. The molecule has 70 valence electrons. The molecular weight excluding hydrogens is 192 g/mol. The summed E-state index contributed by atoms with van der Waals surface area (Å²) < 4.78 is 23.8. The lowest BCUT2D eigenvalue weighted by Gasteiger charge is -2.02. The van der Waals surface area contributed by atoms with E-state index >= 15 is 0 Å². The normalized spacial score (nSPS) is 10.8. The predicted octanol–water partition coefficient (Wildman–Crippen LogP) is 1.46. The number of hydrogen-bond acceptors (Lipinski definition) is 4. The van der Waals surface area contributed by atoms with E-state index in [1.54, 1.807) is 6.07 Å². The highest BCUT2D eigenvalue weighted by atomic mass is 32.2. The Morgan fingerprint density at radius 3 is 2.62 bits per heavy atom. The molecule has 0 saturated heterocycles. The number of benzene rings is 1. The largest absolute Gasteiger partial charge is 0.284 e. The van der Waals surface area contributed by atoms with E-state index in [0.29, 0.717) is 5.69 Å². The second-order valence-electron chi connectivity index (χ2n) is 2.52. The van der Waals surface area contributed by atoms with Gasteiger partial charge in [-0.2, -0.15) is 0 Å². The second-order valence-corrected chi connectivity index (χ2v) is 4.26. The van der Waals surface area contributed by atoms with Gasteiger partial charge in [0.15, 0.2) is 0 Å². The van der Waals surface area contributed by atoms with Crippen molar-refractivity contribution in [2.24, 2.45) is 5.18 Å². The Kier molecular flexibility index (Phi) is 2.62. The van der Waals surface area contributed by atoms with Gasteiger partial charge in [-0.05, 0) is 23.4 Å². The quantitative estimate of drug-likeness (QED) is 0.750. The van der Waals surface area contributed by atoms with E-state index < -0.39 is 10.0 Å². The molecule has 0 spiro atoms. The third-order valence-corrected chi connectivity index (χ3v) is 1.86. The average Bonchev–Trinajstić information content (AvgIpc) is 2.01. The van der Waals surface area contributed by atoms with Crippen LogP contribution in [0.2, 0.25) is 0 Å². The van der Waals surface area contributed by atoms with E-state index in [1.807, 2.05) is 0 Å². The number of anilines is 1. The molecule has 5 nitrogen and oxygen atoms in total. The molecule has 1 aromatic rings. The van der Waals surface area contributed by atoms with Crippen LogP contribution < -0.4 is 4.72 Å². The molecule has 0 bridgehead atoms. The van der Waals surface area contributed by atoms with Crippen molar-refractivity contribution in [3.63, 3.8) is 0 Å². The molecule has 0 radical (unpaired) electrons. The molecule has 1 rings (SSSR count). The number of nitroso groups, excluding NO2 is 1. The van der Waals surface area contributed by atoms with Gasteiger partial charge in [-0.3, -0.25) is 4.72 Å². The molecule has 1 aromatic carbocycles. The SMILES string of the molecule is CS(=O)(=O)Nc1cccc(N=O)c1. The van der Waals surface area contributed by atoms with Crippen molar-refractivity contribution in [2.45, 2.75) is 0 Å². The molecule has 0 heterocycles. The first-order valence-electron chi connectivity index (χ1n) is 3.42. The topological polar surface area (TPSA) is 75.6 Å². The average molecular weight is 200 g/mol. The molecular formula is C7H8N2O3S. The third kappa shape index (κ3) is 3.20. The Labute approximate surface area is 75.8 Å². The van der Waals surface area contributed by atoms with Crippen LogP contribution in [0, 0.1) is 4.91 Å². The fraction of sp³-hybridized carbons (Fsp3) is 0.143. The van der Waals surface area contributed by atoms with Crippen molar-refractivity contribution in [1.82, 2.24) is 0 Å². The molecule has 0 atom stereocenters. The zero-order valence-corrected chi connectivity index (χ0v) is 7.71. The van der Waals surface area contributed by atoms with Crippen molar-refractivity contribution in [2.75, 3.05) is 11.0 Å². The van der Waals surface area contributed by atoms with Gasteiger partial charge in [0.25, 0.3) is 0 Å². The van der Waals surface area contributed by atoms with Gasteiger partial charge in [-0.1, -0.05) is 6.07 Å². The van der Waals surface area contributed by atoms with E-state index in [-0.39, 0.29) is 5.69 Å². The van der Waals surface area contributed by atoms with Gasteiger partial charge in [0.1, 0.15) is 5.69 Å². The Morgan fingerprint density at radius 2 is 2.08 bits per heavy atom. The fourth-order valence-electron chi connectivity index (χ4n) is 0.840. The van der Waals surface area contributed by atoms with Crippen LogP contribution in [0.25, 0.3) is 0 Å². The monoisotopic (exact) mass is 200 g/mol. The first kappa shape index (κ1) is 9.66. The molecule has 0 amide bonds. The first-order chi connectivity index (χ1) is 6.01. The third-order valence-electron chi connectivity index (χ3n) is 1.25. The van der Waals surface area contributed by atoms with Crippen LogP contribution in [-0.4, -0.2) is 14.7 Å². The summed E-state index contributed by atoms with van der Waals surface area (Å²) in [4.78, 5) is 10.1. The highest BCUT2D eigenvalue weighted by Crippen LogP contribution is 2.17. The summed E-state index contributed by atoms with van der Waals surface area (Å²) in [6.45, 7) is 0. The molecule has 0 aliphatic carbocycles. The Bertz CT molecular complexity index is 414. The van der Waals surface area contributed by atoms with E-state index in [1.165, 1.54) is 18.2 Å². The fourth-order valence-corrected chi connectivity index (χ4v) is 1.40. The summed E-state index contributed by atoms with van der Waals surface area (Å²) in [5.41, 5.74) is 0.522. The van der Waals surface area contributed by atoms with Crippen LogP contribution in [0.5, 0.6) is 0 Å². The summed E-state index contributed by atoms with van der Waals surface area (Å²) >= 11 is 0. The van der Waals surface area contributed by atoms with E-state index in [9.17, 15) is 13.3 Å². The zero-order chi connectivity index (χ0) is 9.90. The van der Waals surface area contributed by atoms with Crippen LogP contribution in [0.3, 0.4) is 0 Å². The number of nitrogens with zero attached hydrogens (tertiary/aromatic N) is 1. The number of sulfonamides is 1. The lowest BCUT2D eigenvalue weighted by Crippen LogP contribution is -2.09. The lowest BCUT2D eigenvalue weighted by molar-refractivity contribution is 0.607. The van der Waals surface area contributed by atoms with Gasteiger partial charge in [-0.25, -0.2) is 8.42 Å². The van der Waals surface area contributed by atoms with E-state index in [4.69, 9.17) is 0 Å². The van der Waals surface area contributed by atoms with Crippen LogP contribution >= 0.6 is 0 Å². The minimum Gasteiger partial charge on any atom is -0.284 e. The van der Waals surface area contributed by atoms with Crippen molar-refractivity contribution < 1.29 is 8.42 Å². The van der Waals surface area contributed by atoms with Gasteiger partial charge >= 0.3 is 0 Å². The van der Waals surface area contributed by atoms with Gasteiger partial charge in [0.2, 0.25) is 10.0 Å². The molecule has 0 aromatic heterocycles. The van der Waals surface area contributed by atoms with Crippen LogP contribution in [0.4, 0.5) is 11.4 Å². The highest BCUT2D eigenvalue weighted by molar-refractivity contribution is 7.92. The summed E-state index contributed by atoms with van der Waals surface area (Å²) in [5, 5.41) is 2.68. The summed E-state index contributed by atoms with van der Waals surface area (Å²) in [6.07, 6.45) is 1.04. The molecule has 6 heteroatoms. The smallest absolute Gasteiger partial charge is 0.229 e. The highest BCUT2D eigenvalue weighted by Gasteiger charge is 2.01. The molecule has 0 fully saturated rings. The Hall–Kier alpha value is -1.43. The summed E-state index contributed by atoms with van der Waals surface area (Å²) in [6, 6.07) is 5.93. The minimum atomic E-state index is -3.30. The standard InChI is InChI=1S/C7H8N2O3S/c1-13(11,12)9-7-4-2-3-6(5-7)8-10/h2-5,9H,1H3. The Morgan fingerprint density at radius 1 is 1.38 bits per heavy atom. The maximum absolute atomic E-state index is 10.8. The van der Waals surface area contributed by atoms with Gasteiger partial charge in [0, 0.05) is 0 Å². The molecule has 0 aliphatic rings. The molecule has 0 saturated carbocycles. The maximum atomic E-state index is 10.8. The summed E-state index contributed by atoms with van der Waals surface area (Å²) in [7, 11) is -3.30. The second kappa shape index (κ2) is 3.53. The maximum Gasteiger partial charge on any atom is 0.229 e. The van der Waals surface area contributed by atoms with E-state index in [0.717, 1.165) is 6.26 Å². The zero-order valence-electron chi connectivity index (χ0n) is 6.89. The summed E-state index contributed by atoms with van der Waals surface area (Å²) in [5.74, 6) is 0. The van der Waals surface area contributed by atoms with Crippen molar-refractivity contribution >= 4 is 21.4 Å². The molecule has 0 aliphatic heterocycles. The van der Waals surface area contributed by atoms with Gasteiger partial charge in [0.05, 0.1) is 11.9 Å². The van der Waals surface area contributed by atoms with Crippen LogP contribution in [0.15, 0.2) is 29.4 Å². The first-order valence-corrected chi connectivity index (χ1v) is 5.31. The van der Waals surface area contributed by atoms with Crippen LogP contribution in [0.1, 0.15) is 0 Å². The van der Waals surface area contributed by atoms with Crippen LogP contribution in [-0.2, 0) is 10.0 Å². The Balaban J connectivity index is 2.96. The molecule has 0 unspecified atom stereocenters. The number of hydrogen-bond donors (Lipinski definition) is 1. The van der Waals surface area contributed by atoms with Gasteiger partial charge in [-0.15, -0.1) is 4.91 Å². The lowest BCUT2D eigenvalue weighted by atomic mass is 10.3. The molecule has 13 heavy (non-hydrogen) atoms. The van der Waals surface area contributed by atoms with Crippen molar-refractivity contribution in [3.8, 4) is 0 Å².